The van der Waals surface area contributed by atoms with E-state index < -0.39 is 58.5 Å². The molecule has 2 aliphatic carbocycles. The number of hydrogen-bond donors (Lipinski definition) is 3. The lowest BCUT2D eigenvalue weighted by Crippen LogP contribution is -2.53. The van der Waals surface area contributed by atoms with Gasteiger partial charge in [0.05, 0.1) is 28.9 Å². The number of allylic oxidation sites excluding steroid dienone is 2. The highest BCUT2D eigenvalue weighted by Crippen LogP contribution is 2.64. The Labute approximate surface area is 267 Å². The molecule has 2 heterocycles. The predicted molar refractivity (Wildman–Crippen MR) is 168 cm³/mol. The molecule has 8 nitrogen and oxygen atoms in total. The zero-order valence-corrected chi connectivity index (χ0v) is 25.0. The molecule has 4 aromatic rings. The summed E-state index contributed by atoms with van der Waals surface area (Å²) < 4.78 is 13.8. The number of phenols is 1. The lowest BCUT2D eigenvalue weighted by atomic mass is 9.49. The Bertz CT molecular complexity index is 2010. The van der Waals surface area contributed by atoms with E-state index in [2.05, 4.69) is 10.7 Å². The molecule has 10 heteroatoms. The molecule has 3 N–H and O–H groups in total. The standard InChI is InChI=1S/C36H27ClFN3O5/c37-20-8-6-19(7-9-20)36-28(34(45)41(35(36)46)40-22-12-10-21(38)11-13-22)17-27-24(15-16-25-29(27)33(44)39-32(25)43)30(36)26-14-5-18-3-1-2-4-23(18)31(26)42/h1-15,25,27-30,40,42H,16-17H2,(H,39,43,44). The maximum Gasteiger partial charge on any atom is 0.260 e. The molecule has 8 rings (SSSR count). The molecular weight excluding hydrogens is 609 g/mol. The molecular formula is C36H27ClFN3O5. The van der Waals surface area contributed by atoms with Gasteiger partial charge < -0.3 is 5.11 Å². The quantitative estimate of drug-likeness (QED) is 0.198. The molecule has 6 atom stereocenters. The van der Waals surface area contributed by atoms with Crippen LogP contribution in [-0.2, 0) is 24.6 Å². The first kappa shape index (κ1) is 28.5. The third-order valence-electron chi connectivity index (χ3n) is 10.3. The number of imide groups is 2. The van der Waals surface area contributed by atoms with Crippen LogP contribution in [0.5, 0.6) is 5.75 Å². The Morgan fingerprint density at radius 2 is 1.63 bits per heavy atom. The van der Waals surface area contributed by atoms with Gasteiger partial charge in [0.1, 0.15) is 11.6 Å². The average molecular weight is 636 g/mol. The van der Waals surface area contributed by atoms with Gasteiger partial charge in [0.2, 0.25) is 11.8 Å². The topological polar surface area (TPSA) is 116 Å². The van der Waals surface area contributed by atoms with Crippen molar-refractivity contribution in [1.29, 1.82) is 0 Å². The average Bonchev–Trinajstić information content (AvgIpc) is 3.47. The molecule has 0 bridgehead atoms. The minimum atomic E-state index is -1.57. The molecule has 46 heavy (non-hydrogen) atoms. The first-order valence-electron chi connectivity index (χ1n) is 15.1. The summed E-state index contributed by atoms with van der Waals surface area (Å²) in [6, 6.07) is 23.1. The number of amides is 4. The fourth-order valence-corrected chi connectivity index (χ4v) is 8.54. The van der Waals surface area contributed by atoms with Gasteiger partial charge in [0.25, 0.3) is 11.8 Å². The first-order valence-corrected chi connectivity index (χ1v) is 15.5. The van der Waals surface area contributed by atoms with Crippen molar-refractivity contribution < 1.29 is 28.7 Å². The van der Waals surface area contributed by atoms with Gasteiger partial charge in [-0.25, -0.2) is 4.39 Å². The highest BCUT2D eigenvalue weighted by Gasteiger charge is 2.70. The normalized spacial score (nSPS) is 28.4. The van der Waals surface area contributed by atoms with Crippen molar-refractivity contribution in [1.82, 2.24) is 10.3 Å². The molecule has 0 radical (unpaired) electrons. The number of anilines is 1. The fourth-order valence-electron chi connectivity index (χ4n) is 8.42. The predicted octanol–water partition coefficient (Wildman–Crippen LogP) is 5.61. The van der Waals surface area contributed by atoms with Crippen molar-refractivity contribution in [2.24, 2.45) is 23.7 Å². The Kier molecular flexibility index (Phi) is 6.34. The van der Waals surface area contributed by atoms with Gasteiger partial charge in [-0.1, -0.05) is 71.8 Å². The highest BCUT2D eigenvalue weighted by molar-refractivity contribution is 6.30. The van der Waals surface area contributed by atoms with E-state index in [1.807, 2.05) is 30.3 Å². The number of hydrogen-bond acceptors (Lipinski definition) is 6. The molecule has 230 valence electrons. The minimum absolute atomic E-state index is 0.0315. The number of nitrogens with zero attached hydrogens (tertiary/aromatic N) is 1. The van der Waals surface area contributed by atoms with E-state index in [0.29, 0.717) is 27.2 Å². The second-order valence-corrected chi connectivity index (χ2v) is 12.9. The molecule has 2 aliphatic heterocycles. The van der Waals surface area contributed by atoms with Crippen molar-refractivity contribution in [3.05, 3.63) is 119 Å². The molecule has 0 spiro atoms. The lowest BCUT2D eigenvalue weighted by Gasteiger charge is -2.50. The monoisotopic (exact) mass is 635 g/mol. The molecule has 2 saturated heterocycles. The summed E-state index contributed by atoms with van der Waals surface area (Å²) in [5, 5.41) is 17.2. The van der Waals surface area contributed by atoms with Crippen LogP contribution in [-0.4, -0.2) is 33.7 Å². The van der Waals surface area contributed by atoms with Crippen LogP contribution >= 0.6 is 11.6 Å². The molecule has 4 aliphatic rings. The van der Waals surface area contributed by atoms with E-state index in [1.165, 1.54) is 24.3 Å². The smallest absolute Gasteiger partial charge is 0.260 e. The maximum atomic E-state index is 15.1. The van der Waals surface area contributed by atoms with E-state index in [-0.39, 0.29) is 24.5 Å². The SMILES string of the molecule is O=C1NC(=O)C2C1CC=C1C2CC2C(=O)N(Nc3ccc(F)cc3)C(=O)C2(c2ccc(Cl)cc2)C1c1ccc2ccccc2c1O. The van der Waals surface area contributed by atoms with Gasteiger partial charge in [-0.05, 0) is 66.1 Å². The van der Waals surface area contributed by atoms with E-state index in [4.69, 9.17) is 11.6 Å². The van der Waals surface area contributed by atoms with Crippen LogP contribution in [0.2, 0.25) is 5.02 Å². The number of fused-ring (bicyclic) bond motifs is 5. The van der Waals surface area contributed by atoms with Crippen LogP contribution in [0.25, 0.3) is 10.8 Å². The Hall–Kier alpha value is -5.02. The van der Waals surface area contributed by atoms with Crippen LogP contribution in [0.3, 0.4) is 0 Å². The molecule has 4 aromatic carbocycles. The van der Waals surface area contributed by atoms with Gasteiger partial charge in [0, 0.05) is 21.9 Å². The summed E-state index contributed by atoms with van der Waals surface area (Å²) in [6.45, 7) is 0. The lowest BCUT2D eigenvalue weighted by molar-refractivity contribution is -0.138. The van der Waals surface area contributed by atoms with Crippen molar-refractivity contribution >= 4 is 51.7 Å². The number of phenolic OH excluding ortho intramolecular Hbond substituents is 1. The summed E-state index contributed by atoms with van der Waals surface area (Å²) in [6.07, 6.45) is 2.32. The third kappa shape index (κ3) is 3.91. The van der Waals surface area contributed by atoms with Crippen molar-refractivity contribution in [2.45, 2.75) is 24.2 Å². The van der Waals surface area contributed by atoms with Crippen molar-refractivity contribution in [2.75, 3.05) is 5.43 Å². The number of rotatable bonds is 4. The number of carbonyl (C=O) groups is 4. The van der Waals surface area contributed by atoms with Gasteiger partial charge in [-0.15, -0.1) is 0 Å². The summed E-state index contributed by atoms with van der Waals surface area (Å²) in [5.74, 6) is -6.07. The van der Waals surface area contributed by atoms with E-state index in [9.17, 15) is 23.9 Å². The summed E-state index contributed by atoms with van der Waals surface area (Å²) in [7, 11) is 0. The number of benzene rings is 4. The van der Waals surface area contributed by atoms with E-state index >= 15 is 4.79 Å². The summed E-state index contributed by atoms with van der Waals surface area (Å²) in [5.41, 5.74) is 3.36. The van der Waals surface area contributed by atoms with Crippen LogP contribution < -0.4 is 10.7 Å². The summed E-state index contributed by atoms with van der Waals surface area (Å²) in [4.78, 5) is 55.7. The second kappa shape index (κ2) is 10.3. The number of hydrazine groups is 1. The Morgan fingerprint density at radius 3 is 2.39 bits per heavy atom. The Morgan fingerprint density at radius 1 is 0.891 bits per heavy atom. The van der Waals surface area contributed by atoms with Crippen molar-refractivity contribution in [3.8, 4) is 5.75 Å². The van der Waals surface area contributed by atoms with Crippen molar-refractivity contribution in [3.63, 3.8) is 0 Å². The zero-order chi connectivity index (χ0) is 31.9. The second-order valence-electron chi connectivity index (χ2n) is 12.5. The van der Waals surface area contributed by atoms with Crippen LogP contribution in [0.15, 0.2) is 96.6 Å². The summed E-state index contributed by atoms with van der Waals surface area (Å²) >= 11 is 6.32. The Balaban J connectivity index is 1.40. The van der Waals surface area contributed by atoms with Gasteiger partial charge in [-0.2, -0.15) is 5.01 Å². The minimum Gasteiger partial charge on any atom is -0.507 e. The third-order valence-corrected chi connectivity index (χ3v) is 10.6. The van der Waals surface area contributed by atoms with Crippen LogP contribution in [0.1, 0.15) is 29.9 Å². The molecule has 3 fully saturated rings. The largest absolute Gasteiger partial charge is 0.507 e. The molecule has 0 aromatic heterocycles. The number of halogens is 2. The van der Waals surface area contributed by atoms with Crippen LogP contribution in [0.4, 0.5) is 10.1 Å². The zero-order valence-electron chi connectivity index (χ0n) is 24.2. The first-order chi connectivity index (χ1) is 22.2. The van der Waals surface area contributed by atoms with E-state index in [0.717, 1.165) is 16.0 Å². The molecule has 6 unspecified atom stereocenters. The van der Waals surface area contributed by atoms with Gasteiger partial charge in [0.15, 0.2) is 0 Å². The van der Waals surface area contributed by atoms with E-state index in [1.54, 1.807) is 36.4 Å². The number of aromatic hydroxyl groups is 1. The maximum absolute atomic E-state index is 15.1. The van der Waals surface area contributed by atoms with Gasteiger partial charge >= 0.3 is 0 Å². The number of nitrogens with one attached hydrogen (secondary N) is 2. The fraction of sp³-hybridized carbons (Fsp3) is 0.222. The molecule has 1 saturated carbocycles. The van der Waals surface area contributed by atoms with Crippen LogP contribution in [0, 0.1) is 29.5 Å². The van der Waals surface area contributed by atoms with Gasteiger partial charge in [-0.3, -0.25) is 29.9 Å². The highest BCUT2D eigenvalue weighted by atomic mass is 35.5. The number of carbonyl (C=O) groups excluding carboxylic acids is 4. The molecule has 4 amide bonds.